The third-order valence-corrected chi connectivity index (χ3v) is 2.19. The normalized spacial score (nSPS) is 30.4. The van der Waals surface area contributed by atoms with Crippen LogP contribution in [0.4, 0.5) is 0 Å². The van der Waals surface area contributed by atoms with Crippen molar-refractivity contribution in [2.24, 2.45) is 10.9 Å². The fraction of sp³-hybridized carbons (Fsp3) is 0.875. The van der Waals surface area contributed by atoms with Crippen LogP contribution in [0.5, 0.6) is 0 Å². The average Bonchev–Trinajstić information content (AvgIpc) is 2.14. The molecule has 2 atom stereocenters. The number of oxime groups is 1. The molecule has 0 aromatic rings. The summed E-state index contributed by atoms with van der Waals surface area (Å²) in [7, 11) is 0. The molecule has 0 amide bonds. The molecule has 1 aliphatic heterocycles. The van der Waals surface area contributed by atoms with Crippen molar-refractivity contribution in [1.82, 2.24) is 5.32 Å². The van der Waals surface area contributed by atoms with Crippen molar-refractivity contribution >= 4 is 5.84 Å². The lowest BCUT2D eigenvalue weighted by Gasteiger charge is -2.27. The number of nitrogens with zero attached hydrogens (tertiary/aromatic N) is 1. The van der Waals surface area contributed by atoms with Gasteiger partial charge in [0.2, 0.25) is 0 Å². The van der Waals surface area contributed by atoms with Gasteiger partial charge in [0.1, 0.15) is 0 Å². The van der Waals surface area contributed by atoms with Gasteiger partial charge >= 0.3 is 0 Å². The van der Waals surface area contributed by atoms with Gasteiger partial charge in [0.15, 0.2) is 5.84 Å². The SMILES string of the molecule is CC1CC(NC/C(N)=N/O)CCO1. The topological polar surface area (TPSA) is 79.9 Å². The maximum atomic E-state index is 8.31. The number of nitrogens with two attached hydrogens (primary N) is 1. The van der Waals surface area contributed by atoms with Gasteiger partial charge in [-0.25, -0.2) is 0 Å². The second-order valence-electron chi connectivity index (χ2n) is 3.37. The van der Waals surface area contributed by atoms with Crippen molar-refractivity contribution in [3.63, 3.8) is 0 Å². The molecule has 76 valence electrons. The van der Waals surface area contributed by atoms with Gasteiger partial charge in [0.25, 0.3) is 0 Å². The van der Waals surface area contributed by atoms with Crippen LogP contribution in [0, 0.1) is 0 Å². The largest absolute Gasteiger partial charge is 0.409 e. The minimum Gasteiger partial charge on any atom is -0.409 e. The highest BCUT2D eigenvalue weighted by Crippen LogP contribution is 2.12. The van der Waals surface area contributed by atoms with Crippen LogP contribution in [-0.4, -0.2) is 36.3 Å². The molecular weight excluding hydrogens is 170 g/mol. The van der Waals surface area contributed by atoms with Crippen LogP contribution in [-0.2, 0) is 4.74 Å². The maximum absolute atomic E-state index is 8.31. The van der Waals surface area contributed by atoms with Gasteiger partial charge in [0, 0.05) is 12.6 Å². The highest BCUT2D eigenvalue weighted by Gasteiger charge is 2.18. The zero-order valence-electron chi connectivity index (χ0n) is 7.86. The van der Waals surface area contributed by atoms with Crippen molar-refractivity contribution in [3.8, 4) is 0 Å². The third kappa shape index (κ3) is 3.61. The summed E-state index contributed by atoms with van der Waals surface area (Å²) in [6.07, 6.45) is 2.28. The van der Waals surface area contributed by atoms with Crippen molar-refractivity contribution in [1.29, 1.82) is 0 Å². The van der Waals surface area contributed by atoms with E-state index in [0.717, 1.165) is 19.4 Å². The molecule has 2 unspecified atom stereocenters. The van der Waals surface area contributed by atoms with Crippen LogP contribution in [0.1, 0.15) is 19.8 Å². The summed E-state index contributed by atoms with van der Waals surface area (Å²) >= 11 is 0. The van der Waals surface area contributed by atoms with Crippen molar-refractivity contribution in [3.05, 3.63) is 0 Å². The van der Waals surface area contributed by atoms with Crippen LogP contribution in [0.2, 0.25) is 0 Å². The highest BCUT2D eigenvalue weighted by atomic mass is 16.5. The van der Waals surface area contributed by atoms with Gasteiger partial charge in [0.05, 0.1) is 12.6 Å². The molecular formula is C8H17N3O2. The zero-order chi connectivity index (χ0) is 9.68. The number of hydrogen-bond donors (Lipinski definition) is 3. The van der Waals surface area contributed by atoms with Crippen LogP contribution in [0.25, 0.3) is 0 Å². The molecule has 1 rings (SSSR count). The number of ether oxygens (including phenoxy) is 1. The summed E-state index contributed by atoms with van der Waals surface area (Å²) in [6, 6.07) is 0.420. The Kier molecular flexibility index (Phi) is 3.98. The Morgan fingerprint density at radius 3 is 3.15 bits per heavy atom. The van der Waals surface area contributed by atoms with E-state index in [2.05, 4.69) is 17.4 Å². The molecule has 0 bridgehead atoms. The van der Waals surface area contributed by atoms with Crippen LogP contribution in [0.15, 0.2) is 5.16 Å². The molecule has 1 aliphatic rings. The predicted octanol–water partition coefficient (Wildman–Crippen LogP) is -0.110. The fourth-order valence-electron chi connectivity index (χ4n) is 1.47. The molecule has 0 spiro atoms. The minimum atomic E-state index is 0.221. The Bertz CT molecular complexity index is 184. The Morgan fingerprint density at radius 2 is 2.54 bits per heavy atom. The van der Waals surface area contributed by atoms with Gasteiger partial charge in [-0.15, -0.1) is 0 Å². The van der Waals surface area contributed by atoms with E-state index >= 15 is 0 Å². The summed E-state index contributed by atoms with van der Waals surface area (Å²) < 4.78 is 5.39. The number of amidine groups is 1. The first-order chi connectivity index (χ1) is 6.22. The average molecular weight is 187 g/mol. The minimum absolute atomic E-state index is 0.221. The standard InChI is InChI=1S/C8H17N3O2/c1-6-4-7(2-3-13-6)10-5-8(9)11-12/h6-7,10,12H,2-5H2,1H3,(H2,9,11). The van der Waals surface area contributed by atoms with Crippen molar-refractivity contribution < 1.29 is 9.94 Å². The quantitative estimate of drug-likeness (QED) is 0.249. The predicted molar refractivity (Wildman–Crippen MR) is 49.8 cm³/mol. The molecule has 0 radical (unpaired) electrons. The first kappa shape index (κ1) is 10.3. The molecule has 5 heteroatoms. The lowest BCUT2D eigenvalue weighted by molar-refractivity contribution is 0.0141. The zero-order valence-corrected chi connectivity index (χ0v) is 7.86. The van der Waals surface area contributed by atoms with Gasteiger partial charge in [-0.2, -0.15) is 0 Å². The monoisotopic (exact) mass is 187 g/mol. The maximum Gasteiger partial charge on any atom is 0.153 e. The third-order valence-electron chi connectivity index (χ3n) is 2.19. The summed E-state index contributed by atoms with van der Waals surface area (Å²) in [5.41, 5.74) is 5.33. The van der Waals surface area contributed by atoms with E-state index in [9.17, 15) is 0 Å². The number of rotatable bonds is 3. The Labute approximate surface area is 77.9 Å². The van der Waals surface area contributed by atoms with Crippen molar-refractivity contribution in [2.75, 3.05) is 13.2 Å². The molecule has 1 fully saturated rings. The molecule has 1 heterocycles. The van der Waals surface area contributed by atoms with E-state index in [-0.39, 0.29) is 5.84 Å². The van der Waals surface area contributed by atoms with Crippen LogP contribution < -0.4 is 11.1 Å². The van der Waals surface area contributed by atoms with Gasteiger partial charge in [-0.3, -0.25) is 0 Å². The van der Waals surface area contributed by atoms with E-state index in [1.54, 1.807) is 0 Å². The Hall–Kier alpha value is -0.810. The van der Waals surface area contributed by atoms with E-state index in [0.29, 0.717) is 18.7 Å². The lowest BCUT2D eigenvalue weighted by Crippen LogP contribution is -2.42. The first-order valence-electron chi connectivity index (χ1n) is 4.53. The van der Waals surface area contributed by atoms with E-state index < -0.39 is 0 Å². The smallest absolute Gasteiger partial charge is 0.153 e. The molecule has 0 aliphatic carbocycles. The molecule has 1 saturated heterocycles. The number of nitrogens with one attached hydrogen (secondary N) is 1. The molecule has 0 aromatic carbocycles. The summed E-state index contributed by atoms with van der Waals surface area (Å²) in [5.74, 6) is 0.221. The summed E-state index contributed by atoms with van der Waals surface area (Å²) in [6.45, 7) is 3.28. The van der Waals surface area contributed by atoms with E-state index in [4.69, 9.17) is 15.7 Å². The molecule has 0 aromatic heterocycles. The summed E-state index contributed by atoms with van der Waals surface area (Å²) in [4.78, 5) is 0. The molecule has 13 heavy (non-hydrogen) atoms. The van der Waals surface area contributed by atoms with Crippen LogP contribution >= 0.6 is 0 Å². The first-order valence-corrected chi connectivity index (χ1v) is 4.53. The van der Waals surface area contributed by atoms with Crippen molar-refractivity contribution in [2.45, 2.75) is 31.9 Å². The Morgan fingerprint density at radius 1 is 1.77 bits per heavy atom. The second kappa shape index (κ2) is 5.04. The Balaban J connectivity index is 2.20. The second-order valence-corrected chi connectivity index (χ2v) is 3.37. The van der Waals surface area contributed by atoms with Crippen LogP contribution in [0.3, 0.4) is 0 Å². The van der Waals surface area contributed by atoms with Gasteiger partial charge in [-0.05, 0) is 19.8 Å². The molecule has 0 saturated carbocycles. The van der Waals surface area contributed by atoms with E-state index in [1.165, 1.54) is 0 Å². The molecule has 5 nitrogen and oxygen atoms in total. The number of hydrogen-bond acceptors (Lipinski definition) is 4. The van der Waals surface area contributed by atoms with E-state index in [1.807, 2.05) is 0 Å². The lowest BCUT2D eigenvalue weighted by atomic mass is 10.0. The fourth-order valence-corrected chi connectivity index (χ4v) is 1.47. The highest BCUT2D eigenvalue weighted by molar-refractivity contribution is 5.81. The van der Waals surface area contributed by atoms with Gasteiger partial charge < -0.3 is 21.0 Å². The van der Waals surface area contributed by atoms with Gasteiger partial charge in [-0.1, -0.05) is 5.16 Å². The molecule has 4 N–H and O–H groups in total. The summed E-state index contributed by atoms with van der Waals surface area (Å²) in [5, 5.41) is 14.4.